The third-order valence-corrected chi connectivity index (χ3v) is 2.63. The lowest BCUT2D eigenvalue weighted by Gasteiger charge is -2.24. The van der Waals surface area contributed by atoms with E-state index in [1.165, 1.54) is 0 Å². The standard InChI is InChI=1S/C12H22O2/c1-11(2,8-9-13)6-5-7-12(3,4)10-14/h9-10H,5-8H2,1-4H3. The maximum Gasteiger partial charge on any atom is 0.125 e. The van der Waals surface area contributed by atoms with E-state index in [0.717, 1.165) is 31.8 Å². The first-order chi connectivity index (χ1) is 6.33. The summed E-state index contributed by atoms with van der Waals surface area (Å²) in [6, 6.07) is 0. The summed E-state index contributed by atoms with van der Waals surface area (Å²) in [5.41, 5.74) is -0.127. The van der Waals surface area contributed by atoms with Gasteiger partial charge in [-0.15, -0.1) is 0 Å². The van der Waals surface area contributed by atoms with E-state index in [-0.39, 0.29) is 10.8 Å². The molecular formula is C12H22O2. The van der Waals surface area contributed by atoms with Crippen LogP contribution in [-0.4, -0.2) is 12.6 Å². The molecule has 0 aliphatic rings. The molecule has 0 spiro atoms. The number of rotatable bonds is 7. The number of aldehydes is 2. The summed E-state index contributed by atoms with van der Waals surface area (Å²) in [5, 5.41) is 0. The van der Waals surface area contributed by atoms with Gasteiger partial charge in [0.15, 0.2) is 0 Å². The van der Waals surface area contributed by atoms with E-state index in [1.807, 2.05) is 13.8 Å². The maximum atomic E-state index is 10.7. The highest BCUT2D eigenvalue weighted by Gasteiger charge is 2.20. The molecule has 14 heavy (non-hydrogen) atoms. The molecule has 0 unspecified atom stereocenters. The number of hydrogen-bond acceptors (Lipinski definition) is 2. The van der Waals surface area contributed by atoms with Crippen molar-refractivity contribution >= 4 is 12.6 Å². The molecule has 2 heteroatoms. The van der Waals surface area contributed by atoms with Crippen LogP contribution in [0.3, 0.4) is 0 Å². The third-order valence-electron chi connectivity index (χ3n) is 2.63. The molecule has 0 aromatic heterocycles. The van der Waals surface area contributed by atoms with E-state index < -0.39 is 0 Å². The van der Waals surface area contributed by atoms with Crippen molar-refractivity contribution in [2.45, 2.75) is 53.4 Å². The third kappa shape index (κ3) is 5.90. The van der Waals surface area contributed by atoms with Gasteiger partial charge in [-0.2, -0.15) is 0 Å². The summed E-state index contributed by atoms with van der Waals surface area (Å²) < 4.78 is 0. The minimum Gasteiger partial charge on any atom is -0.303 e. The molecule has 0 aromatic rings. The van der Waals surface area contributed by atoms with Crippen LogP contribution in [0, 0.1) is 10.8 Å². The Morgan fingerprint density at radius 1 is 1.00 bits per heavy atom. The van der Waals surface area contributed by atoms with Crippen molar-refractivity contribution in [3.8, 4) is 0 Å². The molecule has 0 amide bonds. The highest BCUT2D eigenvalue weighted by atomic mass is 16.1. The first kappa shape index (κ1) is 13.3. The molecule has 2 nitrogen and oxygen atoms in total. The van der Waals surface area contributed by atoms with Gasteiger partial charge in [-0.05, 0) is 18.3 Å². The quantitative estimate of drug-likeness (QED) is 0.589. The zero-order valence-electron chi connectivity index (χ0n) is 9.80. The Labute approximate surface area is 87.1 Å². The SMILES string of the molecule is CC(C)(C=O)CCCC(C)(C)CC=O. The van der Waals surface area contributed by atoms with Gasteiger partial charge in [0.05, 0.1) is 0 Å². The van der Waals surface area contributed by atoms with Crippen molar-refractivity contribution < 1.29 is 9.59 Å². The van der Waals surface area contributed by atoms with E-state index >= 15 is 0 Å². The molecule has 0 rings (SSSR count). The minimum atomic E-state index is -0.211. The van der Waals surface area contributed by atoms with Gasteiger partial charge in [-0.3, -0.25) is 0 Å². The molecule has 0 bridgehead atoms. The van der Waals surface area contributed by atoms with Crippen LogP contribution in [-0.2, 0) is 9.59 Å². The van der Waals surface area contributed by atoms with E-state index in [2.05, 4.69) is 13.8 Å². The smallest absolute Gasteiger partial charge is 0.125 e. The van der Waals surface area contributed by atoms with Crippen molar-refractivity contribution in [1.82, 2.24) is 0 Å². The summed E-state index contributed by atoms with van der Waals surface area (Å²) in [5.74, 6) is 0. The van der Waals surface area contributed by atoms with E-state index in [0.29, 0.717) is 6.42 Å². The van der Waals surface area contributed by atoms with Gasteiger partial charge in [-0.1, -0.05) is 34.1 Å². The van der Waals surface area contributed by atoms with E-state index in [4.69, 9.17) is 0 Å². The minimum absolute atomic E-state index is 0.0840. The van der Waals surface area contributed by atoms with Crippen LogP contribution in [0.4, 0.5) is 0 Å². The van der Waals surface area contributed by atoms with Gasteiger partial charge in [0.1, 0.15) is 12.6 Å². The van der Waals surface area contributed by atoms with E-state index in [9.17, 15) is 9.59 Å². The lowest BCUT2D eigenvalue weighted by molar-refractivity contribution is -0.115. The highest BCUT2D eigenvalue weighted by Crippen LogP contribution is 2.29. The van der Waals surface area contributed by atoms with Crippen LogP contribution in [0.1, 0.15) is 53.4 Å². The fraction of sp³-hybridized carbons (Fsp3) is 0.833. The fourth-order valence-electron chi connectivity index (χ4n) is 1.41. The average Bonchev–Trinajstić information content (AvgIpc) is 2.03. The van der Waals surface area contributed by atoms with Crippen LogP contribution >= 0.6 is 0 Å². The normalized spacial score (nSPS) is 12.6. The zero-order chi connectivity index (χ0) is 11.2. The molecule has 0 aliphatic carbocycles. The molecule has 0 heterocycles. The first-order valence-electron chi connectivity index (χ1n) is 5.23. The van der Waals surface area contributed by atoms with E-state index in [1.54, 1.807) is 0 Å². The molecule has 0 atom stereocenters. The number of hydrogen-bond donors (Lipinski definition) is 0. The highest BCUT2D eigenvalue weighted by molar-refractivity contribution is 5.57. The monoisotopic (exact) mass is 198 g/mol. The average molecular weight is 198 g/mol. The second-order valence-corrected chi connectivity index (χ2v) is 5.49. The lowest BCUT2D eigenvalue weighted by Crippen LogP contribution is -2.16. The van der Waals surface area contributed by atoms with Gasteiger partial charge in [0.25, 0.3) is 0 Å². The van der Waals surface area contributed by atoms with Crippen LogP contribution in [0.2, 0.25) is 0 Å². The molecule has 0 fully saturated rings. The molecule has 0 aliphatic heterocycles. The van der Waals surface area contributed by atoms with Crippen LogP contribution < -0.4 is 0 Å². The Morgan fingerprint density at radius 2 is 1.57 bits per heavy atom. The zero-order valence-corrected chi connectivity index (χ0v) is 9.80. The van der Waals surface area contributed by atoms with Crippen molar-refractivity contribution in [3.63, 3.8) is 0 Å². The van der Waals surface area contributed by atoms with Crippen LogP contribution in [0.25, 0.3) is 0 Å². The lowest BCUT2D eigenvalue weighted by atomic mass is 9.81. The molecule has 0 saturated carbocycles. The summed E-state index contributed by atoms with van der Waals surface area (Å²) in [6.45, 7) is 8.09. The second kappa shape index (κ2) is 5.28. The van der Waals surface area contributed by atoms with Gasteiger partial charge in [0, 0.05) is 11.8 Å². The Bertz CT molecular complexity index is 192. The summed E-state index contributed by atoms with van der Waals surface area (Å²) in [6.07, 6.45) is 5.51. The molecular weight excluding hydrogens is 176 g/mol. The largest absolute Gasteiger partial charge is 0.303 e. The predicted octanol–water partition coefficient (Wildman–Crippen LogP) is 3.00. The van der Waals surface area contributed by atoms with Gasteiger partial charge in [-0.25, -0.2) is 0 Å². The Morgan fingerprint density at radius 3 is 2.00 bits per heavy atom. The van der Waals surface area contributed by atoms with Crippen molar-refractivity contribution in [2.24, 2.45) is 10.8 Å². The topological polar surface area (TPSA) is 34.1 Å². The predicted molar refractivity (Wildman–Crippen MR) is 58.2 cm³/mol. The summed E-state index contributed by atoms with van der Waals surface area (Å²) >= 11 is 0. The van der Waals surface area contributed by atoms with Gasteiger partial charge >= 0.3 is 0 Å². The molecule has 0 saturated heterocycles. The van der Waals surface area contributed by atoms with Crippen molar-refractivity contribution in [2.75, 3.05) is 0 Å². The van der Waals surface area contributed by atoms with Gasteiger partial charge in [0.2, 0.25) is 0 Å². The Balaban J connectivity index is 3.83. The molecule has 0 radical (unpaired) electrons. The Kier molecular flexibility index (Phi) is 5.03. The second-order valence-electron chi connectivity index (χ2n) is 5.49. The molecule has 0 aromatic carbocycles. The molecule has 0 N–H and O–H groups in total. The van der Waals surface area contributed by atoms with Crippen molar-refractivity contribution in [3.05, 3.63) is 0 Å². The summed E-state index contributed by atoms with van der Waals surface area (Å²) in [4.78, 5) is 21.0. The van der Waals surface area contributed by atoms with Crippen molar-refractivity contribution in [1.29, 1.82) is 0 Å². The number of carbonyl (C=O) groups is 2. The maximum absolute atomic E-state index is 10.7. The fourth-order valence-corrected chi connectivity index (χ4v) is 1.41. The summed E-state index contributed by atoms with van der Waals surface area (Å²) in [7, 11) is 0. The molecule has 82 valence electrons. The van der Waals surface area contributed by atoms with Crippen LogP contribution in [0.5, 0.6) is 0 Å². The number of carbonyl (C=O) groups excluding carboxylic acids is 2. The van der Waals surface area contributed by atoms with Gasteiger partial charge < -0.3 is 9.59 Å². The first-order valence-corrected chi connectivity index (χ1v) is 5.23. The Hall–Kier alpha value is -0.660. The van der Waals surface area contributed by atoms with Crippen LogP contribution in [0.15, 0.2) is 0 Å².